The van der Waals surface area contributed by atoms with E-state index in [1.807, 2.05) is 6.92 Å². The van der Waals surface area contributed by atoms with Crippen LogP contribution in [-0.4, -0.2) is 71.5 Å². The van der Waals surface area contributed by atoms with E-state index in [1.54, 1.807) is 42.5 Å². The van der Waals surface area contributed by atoms with E-state index in [1.165, 1.54) is 28.3 Å². The lowest BCUT2D eigenvalue weighted by Crippen LogP contribution is -2.47. The molecule has 254 valence electrons. The number of benzene rings is 2. The second-order valence-electron chi connectivity index (χ2n) is 13.1. The van der Waals surface area contributed by atoms with Crippen LogP contribution < -0.4 is 11.1 Å². The largest absolute Gasteiger partial charge is 0.447 e. The summed E-state index contributed by atoms with van der Waals surface area (Å²) >= 11 is 6.51. The van der Waals surface area contributed by atoms with Crippen LogP contribution in [0.4, 0.5) is 13.6 Å². The van der Waals surface area contributed by atoms with Crippen molar-refractivity contribution in [2.75, 3.05) is 13.2 Å². The number of amides is 2. The van der Waals surface area contributed by atoms with Gasteiger partial charge >= 0.3 is 12.6 Å². The molecule has 1 aliphatic rings. The number of carbonyl (C=O) groups is 2. The number of alkyl halides is 2. The van der Waals surface area contributed by atoms with Gasteiger partial charge in [0, 0.05) is 29.4 Å². The summed E-state index contributed by atoms with van der Waals surface area (Å²) in [4.78, 5) is 33.1. The van der Waals surface area contributed by atoms with Crippen molar-refractivity contribution in [3.05, 3.63) is 77.3 Å². The molecule has 0 aliphatic heterocycles. The van der Waals surface area contributed by atoms with Crippen LogP contribution in [0.25, 0.3) is 16.8 Å². The Kier molecular flexibility index (Phi) is 10.1. The third kappa shape index (κ3) is 8.51. The molecule has 1 atom stereocenters. The standard InChI is InChI=1S/C32H37ClF2N10O3/c1-31(2,3)13-14-37-29(36)45(27(46)21-7-5-20(6-8-21)23-16-39-43(17-23)28(34)35)26(18-48-30(47)40-32(4)11-12-32)22-9-10-24(33)25(15-22)44-19-38-41-42-44/h5-10,15-17,19,26,28H,11-14,18H2,1-4H3,(H2,36,37)(H,40,47)/t26-/m1/s1. The number of tetrazole rings is 1. The second kappa shape index (κ2) is 14.1. The van der Waals surface area contributed by atoms with Crippen LogP contribution in [0.3, 0.4) is 0 Å². The molecule has 2 heterocycles. The van der Waals surface area contributed by atoms with E-state index < -0.39 is 24.6 Å². The fourth-order valence-electron chi connectivity index (χ4n) is 4.78. The lowest BCUT2D eigenvalue weighted by Gasteiger charge is -2.32. The molecule has 1 aliphatic carbocycles. The van der Waals surface area contributed by atoms with Gasteiger partial charge in [0.2, 0.25) is 0 Å². The highest BCUT2D eigenvalue weighted by atomic mass is 35.5. The number of aromatic nitrogens is 6. The summed E-state index contributed by atoms with van der Waals surface area (Å²) in [5.41, 5.74) is 8.40. The summed E-state index contributed by atoms with van der Waals surface area (Å²) < 4.78 is 33.8. The predicted octanol–water partition coefficient (Wildman–Crippen LogP) is 5.79. The van der Waals surface area contributed by atoms with Gasteiger partial charge in [-0.15, -0.1) is 5.10 Å². The van der Waals surface area contributed by atoms with Crippen LogP contribution in [0.5, 0.6) is 0 Å². The lowest BCUT2D eigenvalue weighted by molar-refractivity contribution is 0.0566. The molecule has 0 spiro atoms. The van der Waals surface area contributed by atoms with Gasteiger partial charge in [-0.2, -0.15) is 18.6 Å². The molecule has 0 unspecified atom stereocenters. The molecule has 3 N–H and O–H groups in total. The highest BCUT2D eigenvalue weighted by Crippen LogP contribution is 2.35. The van der Waals surface area contributed by atoms with Gasteiger partial charge in [0.25, 0.3) is 5.91 Å². The topological polar surface area (TPSA) is 158 Å². The molecule has 2 aromatic heterocycles. The summed E-state index contributed by atoms with van der Waals surface area (Å²) in [6.07, 6.45) is 5.61. The molecule has 4 aromatic rings. The molecule has 5 rings (SSSR count). The number of carbonyl (C=O) groups excluding carboxylic acids is 2. The zero-order chi connectivity index (χ0) is 34.6. The Morgan fingerprint density at radius 3 is 2.50 bits per heavy atom. The summed E-state index contributed by atoms with van der Waals surface area (Å²) in [6, 6.07) is 10.4. The van der Waals surface area contributed by atoms with Gasteiger partial charge < -0.3 is 15.8 Å². The number of nitrogens with one attached hydrogen (secondary N) is 1. The monoisotopic (exact) mass is 682 g/mol. The van der Waals surface area contributed by atoms with Crippen molar-refractivity contribution in [3.63, 3.8) is 0 Å². The maximum Gasteiger partial charge on any atom is 0.407 e. The molecule has 16 heteroatoms. The molecule has 0 bridgehead atoms. The van der Waals surface area contributed by atoms with Crippen LogP contribution in [-0.2, 0) is 4.74 Å². The van der Waals surface area contributed by atoms with Crippen molar-refractivity contribution >= 4 is 29.6 Å². The van der Waals surface area contributed by atoms with Gasteiger partial charge in [-0.25, -0.2) is 9.48 Å². The average Bonchev–Trinajstić information content (AvgIpc) is 3.42. The molecule has 2 amide bonds. The number of halogens is 3. The number of hydrogen-bond donors (Lipinski definition) is 2. The Labute approximate surface area is 281 Å². The summed E-state index contributed by atoms with van der Waals surface area (Å²) in [6.45, 7) is 5.38. The van der Waals surface area contributed by atoms with Crippen LogP contribution in [0, 0.1) is 5.41 Å². The quantitative estimate of drug-likeness (QED) is 0.149. The number of hydrogen-bond acceptors (Lipinski definition) is 8. The zero-order valence-corrected chi connectivity index (χ0v) is 27.7. The van der Waals surface area contributed by atoms with Crippen LogP contribution in [0.15, 0.2) is 66.2 Å². The molecule has 13 nitrogen and oxygen atoms in total. The first-order chi connectivity index (χ1) is 22.7. The number of aliphatic imine (C=N–C) groups is 1. The Morgan fingerprint density at radius 2 is 1.90 bits per heavy atom. The first-order valence-electron chi connectivity index (χ1n) is 15.3. The highest BCUT2D eigenvalue weighted by molar-refractivity contribution is 6.32. The first kappa shape index (κ1) is 34.4. The maximum absolute atomic E-state index is 14.4. The number of alkyl carbamates (subject to hydrolysis) is 1. The van der Waals surface area contributed by atoms with Crippen molar-refractivity contribution in [2.24, 2.45) is 16.1 Å². The molecular formula is C32H37ClF2N10O3. The van der Waals surface area contributed by atoms with E-state index in [-0.39, 0.29) is 29.1 Å². The van der Waals surface area contributed by atoms with Crippen LogP contribution in [0.2, 0.25) is 5.02 Å². The Morgan fingerprint density at radius 1 is 1.17 bits per heavy atom. The van der Waals surface area contributed by atoms with E-state index in [9.17, 15) is 18.4 Å². The maximum atomic E-state index is 14.4. The molecular weight excluding hydrogens is 646 g/mol. The van der Waals surface area contributed by atoms with Gasteiger partial charge in [0.1, 0.15) is 12.9 Å². The van der Waals surface area contributed by atoms with E-state index in [0.717, 1.165) is 12.8 Å². The number of nitrogens with two attached hydrogens (primary N) is 1. The van der Waals surface area contributed by atoms with Gasteiger partial charge in [-0.1, -0.05) is 50.6 Å². The Bertz CT molecular complexity index is 1770. The predicted molar refractivity (Wildman–Crippen MR) is 175 cm³/mol. The van der Waals surface area contributed by atoms with Crippen molar-refractivity contribution in [1.82, 2.24) is 40.2 Å². The van der Waals surface area contributed by atoms with Gasteiger partial charge in [-0.05, 0) is 77.4 Å². The zero-order valence-electron chi connectivity index (χ0n) is 27.0. The van der Waals surface area contributed by atoms with Crippen molar-refractivity contribution in [2.45, 2.75) is 65.1 Å². The second-order valence-corrected chi connectivity index (χ2v) is 13.5. The van der Waals surface area contributed by atoms with Crippen LogP contribution in [0.1, 0.15) is 75.5 Å². The fourth-order valence-corrected chi connectivity index (χ4v) is 4.98. The Balaban J connectivity index is 1.54. The van der Waals surface area contributed by atoms with Gasteiger partial charge in [-0.3, -0.25) is 14.7 Å². The number of guanidine groups is 1. The summed E-state index contributed by atoms with van der Waals surface area (Å²) in [5, 5.41) is 18.2. The molecule has 2 aromatic carbocycles. The third-order valence-electron chi connectivity index (χ3n) is 7.91. The lowest BCUT2D eigenvalue weighted by atomic mass is 9.92. The molecule has 1 saturated carbocycles. The molecule has 0 radical (unpaired) electrons. The van der Waals surface area contributed by atoms with Crippen LogP contribution >= 0.6 is 11.6 Å². The van der Waals surface area contributed by atoms with Crippen molar-refractivity contribution < 1.29 is 23.1 Å². The highest BCUT2D eigenvalue weighted by Gasteiger charge is 2.40. The SMILES string of the molecule is CC(C)(C)CCN=C(N)N(C(=O)c1ccc(-c2cnn(C(F)F)c2)cc1)[C@H](COC(=O)NC1(C)CC1)c1ccc(Cl)c(-n2cnnn2)c1. The van der Waals surface area contributed by atoms with Crippen molar-refractivity contribution in [1.29, 1.82) is 0 Å². The minimum absolute atomic E-state index is 0.0526. The number of rotatable bonds is 11. The third-order valence-corrected chi connectivity index (χ3v) is 8.23. The van der Waals surface area contributed by atoms with E-state index in [4.69, 9.17) is 22.1 Å². The van der Waals surface area contributed by atoms with Gasteiger partial charge in [0.05, 0.1) is 22.9 Å². The minimum atomic E-state index is -2.78. The fraction of sp³-hybridized carbons (Fsp3) is 0.406. The molecule has 48 heavy (non-hydrogen) atoms. The normalized spacial score (nSPS) is 14.9. The van der Waals surface area contributed by atoms with Gasteiger partial charge in [0.15, 0.2) is 5.96 Å². The minimum Gasteiger partial charge on any atom is -0.447 e. The smallest absolute Gasteiger partial charge is 0.407 e. The number of ether oxygens (including phenoxy) is 1. The summed E-state index contributed by atoms with van der Waals surface area (Å²) in [5.74, 6) is -0.627. The number of nitrogens with zero attached hydrogens (tertiary/aromatic N) is 8. The van der Waals surface area contributed by atoms with E-state index >= 15 is 0 Å². The first-order valence-corrected chi connectivity index (χ1v) is 15.6. The average molecular weight is 683 g/mol. The summed E-state index contributed by atoms with van der Waals surface area (Å²) in [7, 11) is 0. The Hall–Kier alpha value is -4.92. The van der Waals surface area contributed by atoms with E-state index in [2.05, 4.69) is 51.7 Å². The molecule has 1 fully saturated rings. The molecule has 0 saturated heterocycles. The van der Waals surface area contributed by atoms with Crippen molar-refractivity contribution in [3.8, 4) is 16.8 Å². The van der Waals surface area contributed by atoms with E-state index in [0.29, 0.717) is 45.0 Å².